The number of hydrogen-bond acceptors (Lipinski definition) is 9. The molecule has 1 fully saturated rings. The fourth-order valence-corrected chi connectivity index (χ4v) is 8.29. The molecule has 1 aromatic carbocycles. The van der Waals surface area contributed by atoms with Crippen LogP contribution in [0.5, 0.6) is 0 Å². The van der Waals surface area contributed by atoms with Gasteiger partial charge in [-0.25, -0.2) is 9.59 Å². The monoisotopic (exact) mass is 846 g/mol. The van der Waals surface area contributed by atoms with Gasteiger partial charge in [-0.3, -0.25) is 24.1 Å². The van der Waals surface area contributed by atoms with Crippen LogP contribution in [0.25, 0.3) is 0 Å². The van der Waals surface area contributed by atoms with Gasteiger partial charge in [-0.15, -0.1) is 0 Å². The van der Waals surface area contributed by atoms with Crippen molar-refractivity contribution in [2.45, 2.75) is 156 Å². The van der Waals surface area contributed by atoms with Gasteiger partial charge in [0, 0.05) is 40.8 Å². The van der Waals surface area contributed by atoms with Crippen LogP contribution in [-0.4, -0.2) is 138 Å². The number of amides is 5. The summed E-state index contributed by atoms with van der Waals surface area (Å²) in [5, 5.41) is 15.7. The Bertz CT molecular complexity index is 1580. The first-order valence-corrected chi connectivity index (χ1v) is 21.4. The van der Waals surface area contributed by atoms with Crippen LogP contribution < -0.4 is 10.6 Å². The number of nitrogens with zero attached hydrogens (tertiary/aromatic N) is 3. The summed E-state index contributed by atoms with van der Waals surface area (Å²) in [6.45, 7) is 20.4. The number of carbonyl (C=O) groups excluding carboxylic acids is 5. The van der Waals surface area contributed by atoms with E-state index < -0.39 is 83.7 Å². The molecule has 0 aliphatic carbocycles. The van der Waals surface area contributed by atoms with Crippen LogP contribution in [0.15, 0.2) is 30.3 Å². The Labute approximate surface area is 358 Å². The number of benzene rings is 1. The second-order valence-electron chi connectivity index (χ2n) is 18.1. The summed E-state index contributed by atoms with van der Waals surface area (Å²) < 4.78 is 17.5. The van der Waals surface area contributed by atoms with Crippen molar-refractivity contribution in [3.63, 3.8) is 0 Å². The van der Waals surface area contributed by atoms with Crippen molar-refractivity contribution >= 4 is 35.7 Å². The lowest BCUT2D eigenvalue weighted by Gasteiger charge is -2.41. The van der Waals surface area contributed by atoms with Crippen LogP contribution in [-0.2, 0) is 38.2 Å². The first-order chi connectivity index (χ1) is 27.9. The molecule has 3 N–H and O–H groups in total. The maximum absolute atomic E-state index is 14.5. The lowest BCUT2D eigenvalue weighted by Crippen LogP contribution is -2.60. The summed E-state index contributed by atoms with van der Waals surface area (Å²) in [4.78, 5) is 86.2. The van der Waals surface area contributed by atoms with Crippen molar-refractivity contribution < 1.29 is 48.1 Å². The predicted molar refractivity (Wildman–Crippen MR) is 230 cm³/mol. The SMILES string of the molecule is CC[C@H](C)C([C@@H](CC(=O)N1CCC[C@H]1[C@H](OC)[C@@H](C)C(=O)N[C@H](C(=O)O)[C@H](C)c1ccccc1)OC)N(C)C(=O)[C@@H](NC(=O)[C@H](C(C)C)N(C)C(=O)OC(C)(C)C)C(C)C. The minimum absolute atomic E-state index is 0.0683. The zero-order valence-electron chi connectivity index (χ0n) is 38.8. The van der Waals surface area contributed by atoms with Gasteiger partial charge in [0.1, 0.15) is 23.7 Å². The van der Waals surface area contributed by atoms with Gasteiger partial charge < -0.3 is 39.8 Å². The maximum Gasteiger partial charge on any atom is 0.410 e. The molecule has 15 heteroatoms. The average Bonchev–Trinajstić information content (AvgIpc) is 3.67. The average molecular weight is 846 g/mol. The highest BCUT2D eigenvalue weighted by Crippen LogP contribution is 2.30. The molecule has 0 bridgehead atoms. The molecule has 0 spiro atoms. The van der Waals surface area contributed by atoms with Crippen LogP contribution in [0.1, 0.15) is 113 Å². The van der Waals surface area contributed by atoms with Gasteiger partial charge in [-0.1, -0.05) is 92.1 Å². The second-order valence-corrected chi connectivity index (χ2v) is 18.1. The zero-order chi connectivity index (χ0) is 45.8. The van der Waals surface area contributed by atoms with E-state index in [2.05, 4.69) is 10.6 Å². The predicted octanol–water partition coefficient (Wildman–Crippen LogP) is 5.31. The Morgan fingerprint density at radius 3 is 1.92 bits per heavy atom. The van der Waals surface area contributed by atoms with Crippen LogP contribution in [0, 0.1) is 23.7 Å². The number of rotatable bonds is 21. The summed E-state index contributed by atoms with van der Waals surface area (Å²) in [5.74, 6) is -4.77. The molecule has 60 heavy (non-hydrogen) atoms. The normalized spacial score (nSPS) is 18.9. The van der Waals surface area contributed by atoms with Crippen LogP contribution >= 0.6 is 0 Å². The molecule has 10 atom stereocenters. The van der Waals surface area contributed by atoms with Crippen molar-refractivity contribution in [1.29, 1.82) is 0 Å². The molecule has 0 saturated carbocycles. The first-order valence-electron chi connectivity index (χ1n) is 21.4. The van der Waals surface area contributed by atoms with E-state index >= 15 is 0 Å². The molecule has 2 rings (SSSR count). The molecular formula is C45H75N5O10. The second kappa shape index (κ2) is 23.1. The van der Waals surface area contributed by atoms with E-state index in [0.29, 0.717) is 25.8 Å². The summed E-state index contributed by atoms with van der Waals surface area (Å²) in [6, 6.07) is 5.04. The summed E-state index contributed by atoms with van der Waals surface area (Å²) in [5.41, 5.74) is 0.00898. The third-order valence-corrected chi connectivity index (χ3v) is 11.9. The molecule has 1 aliphatic rings. The molecular weight excluding hydrogens is 771 g/mol. The van der Waals surface area contributed by atoms with Gasteiger partial charge in [-0.2, -0.15) is 0 Å². The van der Waals surface area contributed by atoms with Crippen molar-refractivity contribution in [2.24, 2.45) is 23.7 Å². The molecule has 1 saturated heterocycles. The van der Waals surface area contributed by atoms with Gasteiger partial charge >= 0.3 is 12.1 Å². The number of nitrogens with one attached hydrogen (secondary N) is 2. The van der Waals surface area contributed by atoms with E-state index in [1.807, 2.05) is 71.9 Å². The molecule has 0 radical (unpaired) electrons. The fourth-order valence-electron chi connectivity index (χ4n) is 8.29. The number of carbonyl (C=O) groups is 6. The topological polar surface area (TPSA) is 184 Å². The van der Waals surface area contributed by atoms with E-state index in [4.69, 9.17) is 14.2 Å². The Balaban J connectivity index is 2.32. The molecule has 0 aromatic heterocycles. The smallest absolute Gasteiger partial charge is 0.410 e. The molecule has 1 aliphatic heterocycles. The molecule has 15 nitrogen and oxygen atoms in total. The molecule has 340 valence electrons. The third kappa shape index (κ3) is 13.6. The minimum Gasteiger partial charge on any atom is -0.480 e. The largest absolute Gasteiger partial charge is 0.480 e. The van der Waals surface area contributed by atoms with Crippen molar-refractivity contribution in [3.8, 4) is 0 Å². The van der Waals surface area contributed by atoms with Gasteiger partial charge in [-0.05, 0) is 56.9 Å². The minimum atomic E-state index is -1.18. The Kier molecular flexibility index (Phi) is 20.0. The lowest BCUT2D eigenvalue weighted by atomic mass is 9.89. The number of aliphatic carboxylic acids is 1. The number of carboxylic acids is 1. The van der Waals surface area contributed by atoms with Gasteiger partial charge in [0.2, 0.25) is 23.6 Å². The van der Waals surface area contributed by atoms with Gasteiger partial charge in [0.05, 0.1) is 36.6 Å². The van der Waals surface area contributed by atoms with Crippen molar-refractivity contribution in [2.75, 3.05) is 34.9 Å². The standard InChI is InChI=1S/C45H75N5O10/c1-16-28(6)38(48(12)42(54)35(26(2)3)46-41(53)37(27(4)5)49(13)44(57)60-45(9,10)11)33(58-14)25-34(51)50-24-20-23-32(50)39(59-15)30(8)40(52)47-36(43(55)56)29(7)31-21-18-17-19-22-31/h17-19,21-22,26-30,32-33,35-39H,16,20,23-25H2,1-15H3,(H,46,53)(H,47,52)(H,55,56)/t28-,29+,30+,32-,33+,35-,36-,37-,38?,39+/m0/s1. The number of ether oxygens (including phenoxy) is 3. The molecule has 1 aromatic rings. The van der Waals surface area contributed by atoms with Gasteiger partial charge in [0.25, 0.3) is 0 Å². The Hall–Kier alpha value is -4.24. The van der Waals surface area contributed by atoms with Gasteiger partial charge in [0.15, 0.2) is 0 Å². The summed E-state index contributed by atoms with van der Waals surface area (Å²) in [7, 11) is 6.16. The van der Waals surface area contributed by atoms with Crippen LogP contribution in [0.4, 0.5) is 4.79 Å². The highest BCUT2D eigenvalue weighted by atomic mass is 16.6. The number of likely N-dealkylation sites (N-methyl/N-ethyl adjacent to an activating group) is 2. The van der Waals surface area contributed by atoms with E-state index in [0.717, 1.165) is 5.56 Å². The quantitative estimate of drug-likeness (QED) is 0.147. The number of methoxy groups -OCH3 is 2. The Morgan fingerprint density at radius 1 is 0.850 bits per heavy atom. The first kappa shape index (κ1) is 51.9. The van der Waals surface area contributed by atoms with E-state index in [1.54, 1.807) is 51.5 Å². The van der Waals surface area contributed by atoms with Crippen molar-refractivity contribution in [3.05, 3.63) is 35.9 Å². The number of hydrogen-bond donors (Lipinski definition) is 3. The van der Waals surface area contributed by atoms with Crippen LogP contribution in [0.2, 0.25) is 0 Å². The zero-order valence-corrected chi connectivity index (χ0v) is 38.8. The maximum atomic E-state index is 14.5. The fraction of sp³-hybridized carbons (Fsp3) is 0.733. The van der Waals surface area contributed by atoms with E-state index in [1.165, 1.54) is 26.2 Å². The molecule has 1 unspecified atom stereocenters. The summed E-state index contributed by atoms with van der Waals surface area (Å²) in [6.07, 6.45) is -0.268. The molecule has 5 amide bonds. The highest BCUT2D eigenvalue weighted by Gasteiger charge is 2.44. The summed E-state index contributed by atoms with van der Waals surface area (Å²) >= 11 is 0. The Morgan fingerprint density at radius 2 is 1.43 bits per heavy atom. The van der Waals surface area contributed by atoms with Crippen molar-refractivity contribution in [1.82, 2.24) is 25.3 Å². The number of carboxylic acid groups (broad SMARTS) is 1. The third-order valence-electron chi connectivity index (χ3n) is 11.9. The van der Waals surface area contributed by atoms with E-state index in [9.17, 15) is 33.9 Å². The number of likely N-dealkylation sites (tertiary alicyclic amines) is 1. The van der Waals surface area contributed by atoms with E-state index in [-0.39, 0.29) is 36.0 Å². The molecule has 1 heterocycles. The van der Waals surface area contributed by atoms with Crippen LogP contribution in [0.3, 0.4) is 0 Å². The highest BCUT2D eigenvalue weighted by molar-refractivity contribution is 5.92. The lowest BCUT2D eigenvalue weighted by molar-refractivity contribution is -0.148.